The molecule has 0 aliphatic heterocycles. The molecule has 0 aliphatic carbocycles. The lowest BCUT2D eigenvalue weighted by atomic mass is 10.0. The summed E-state index contributed by atoms with van der Waals surface area (Å²) in [4.78, 5) is 76.5. The van der Waals surface area contributed by atoms with E-state index in [4.69, 9.17) is 16.6 Å². The molecule has 0 saturated carbocycles. The first-order valence-corrected chi connectivity index (χ1v) is 13.2. The van der Waals surface area contributed by atoms with Crippen LogP contribution in [0, 0.1) is 5.92 Å². The summed E-state index contributed by atoms with van der Waals surface area (Å²) in [5, 5.41) is 26.8. The van der Waals surface area contributed by atoms with Crippen molar-refractivity contribution in [3.05, 3.63) is 36.0 Å². The number of fused-ring (bicyclic) bond motifs is 1. The topological polar surface area (TPSA) is 247 Å². The van der Waals surface area contributed by atoms with Gasteiger partial charge >= 0.3 is 11.9 Å². The minimum Gasteiger partial charge on any atom is -0.481 e. The lowest BCUT2D eigenvalue weighted by Crippen LogP contribution is -2.57. The fourth-order valence-corrected chi connectivity index (χ4v) is 4.25. The number of amides is 4. The number of H-pyrrole nitrogens is 1. The largest absolute Gasteiger partial charge is 0.481 e. The molecule has 14 nitrogen and oxygen atoms in total. The van der Waals surface area contributed by atoms with Gasteiger partial charge in [-0.1, -0.05) is 32.0 Å². The highest BCUT2D eigenvalue weighted by molar-refractivity contribution is 5.95. The minimum atomic E-state index is -1.46. The molecular weight excluding hydrogens is 536 g/mol. The summed E-state index contributed by atoms with van der Waals surface area (Å²) in [6.07, 6.45) is 0.604. The van der Waals surface area contributed by atoms with E-state index in [0.29, 0.717) is 12.0 Å². The number of hydrogen-bond donors (Lipinski definition) is 8. The highest BCUT2D eigenvalue weighted by Crippen LogP contribution is 2.19. The average molecular weight is 575 g/mol. The zero-order chi connectivity index (χ0) is 30.7. The van der Waals surface area contributed by atoms with Crippen LogP contribution in [0.2, 0.25) is 0 Å². The van der Waals surface area contributed by atoms with Gasteiger partial charge in [0, 0.05) is 36.4 Å². The number of rotatable bonds is 17. The summed E-state index contributed by atoms with van der Waals surface area (Å²) >= 11 is 0. The van der Waals surface area contributed by atoms with Crippen LogP contribution in [0.5, 0.6) is 0 Å². The number of nitrogens with two attached hydrogens (primary N) is 2. The van der Waals surface area contributed by atoms with Crippen LogP contribution in [-0.2, 0) is 35.2 Å². The summed E-state index contributed by atoms with van der Waals surface area (Å²) in [7, 11) is 0. The highest BCUT2D eigenvalue weighted by Gasteiger charge is 2.31. The number of para-hydroxylation sites is 1. The van der Waals surface area contributed by atoms with E-state index in [1.807, 2.05) is 26.0 Å². The summed E-state index contributed by atoms with van der Waals surface area (Å²) in [5.74, 6) is -5.62. The van der Waals surface area contributed by atoms with Crippen molar-refractivity contribution in [2.75, 3.05) is 0 Å². The third-order valence-corrected chi connectivity index (χ3v) is 6.37. The van der Waals surface area contributed by atoms with E-state index in [1.54, 1.807) is 18.3 Å². The van der Waals surface area contributed by atoms with Gasteiger partial charge < -0.3 is 42.6 Å². The van der Waals surface area contributed by atoms with Crippen LogP contribution in [0.15, 0.2) is 30.5 Å². The van der Waals surface area contributed by atoms with Crippen molar-refractivity contribution in [1.82, 2.24) is 20.9 Å². The fraction of sp³-hybridized carbons (Fsp3) is 0.481. The molecule has 0 fully saturated rings. The average Bonchev–Trinajstić information content (AvgIpc) is 3.30. The van der Waals surface area contributed by atoms with Crippen molar-refractivity contribution >= 4 is 46.5 Å². The van der Waals surface area contributed by atoms with Crippen LogP contribution in [0.1, 0.15) is 51.5 Å². The number of aliphatic carboxylic acids is 2. The Labute approximate surface area is 236 Å². The second-order valence-electron chi connectivity index (χ2n) is 10.3. The van der Waals surface area contributed by atoms with E-state index in [9.17, 15) is 33.9 Å². The van der Waals surface area contributed by atoms with Crippen molar-refractivity contribution in [3.8, 4) is 0 Å². The van der Waals surface area contributed by atoms with Gasteiger partial charge in [-0.3, -0.25) is 24.0 Å². The summed E-state index contributed by atoms with van der Waals surface area (Å²) in [6.45, 7) is 3.73. The van der Waals surface area contributed by atoms with E-state index in [1.165, 1.54) is 0 Å². The SMILES string of the molecule is CC(C)CC(N)C(=O)NC(CCC(=O)O)C(=O)NC(Cc1c[nH]c2ccccc12)C(=O)NC(CCC(N)=O)C(=O)O. The molecule has 4 unspecified atom stereocenters. The van der Waals surface area contributed by atoms with Crippen molar-refractivity contribution in [2.45, 2.75) is 76.5 Å². The Kier molecular flexibility index (Phi) is 12.3. The Bertz CT molecular complexity index is 1260. The summed E-state index contributed by atoms with van der Waals surface area (Å²) < 4.78 is 0. The first-order chi connectivity index (χ1) is 19.3. The van der Waals surface area contributed by atoms with Crippen molar-refractivity contribution < 1.29 is 39.0 Å². The van der Waals surface area contributed by atoms with Gasteiger partial charge in [-0.2, -0.15) is 0 Å². The molecule has 1 aromatic heterocycles. The number of aromatic nitrogens is 1. The predicted octanol–water partition coefficient (Wildman–Crippen LogP) is -0.247. The second-order valence-corrected chi connectivity index (χ2v) is 10.3. The predicted molar refractivity (Wildman–Crippen MR) is 148 cm³/mol. The number of carboxylic acids is 2. The number of carbonyl (C=O) groups is 6. The molecule has 10 N–H and O–H groups in total. The van der Waals surface area contributed by atoms with E-state index in [0.717, 1.165) is 10.9 Å². The maximum atomic E-state index is 13.4. The van der Waals surface area contributed by atoms with Crippen LogP contribution in [0.3, 0.4) is 0 Å². The molecule has 2 rings (SSSR count). The van der Waals surface area contributed by atoms with E-state index >= 15 is 0 Å². The number of benzene rings is 1. The fourth-order valence-electron chi connectivity index (χ4n) is 4.25. The number of hydrogen-bond acceptors (Lipinski definition) is 7. The van der Waals surface area contributed by atoms with Gasteiger partial charge in [-0.15, -0.1) is 0 Å². The Morgan fingerprint density at radius 3 is 2.05 bits per heavy atom. The molecule has 0 bridgehead atoms. The maximum Gasteiger partial charge on any atom is 0.326 e. The van der Waals surface area contributed by atoms with Gasteiger partial charge in [0.2, 0.25) is 23.6 Å². The van der Waals surface area contributed by atoms with Gasteiger partial charge in [-0.25, -0.2) is 4.79 Å². The molecular formula is C27H38N6O8. The lowest BCUT2D eigenvalue weighted by Gasteiger charge is -2.25. The van der Waals surface area contributed by atoms with Crippen LogP contribution in [0.25, 0.3) is 10.9 Å². The number of carboxylic acid groups (broad SMARTS) is 2. The zero-order valence-electron chi connectivity index (χ0n) is 23.0. The Hall–Kier alpha value is -4.46. The molecule has 224 valence electrons. The van der Waals surface area contributed by atoms with Crippen LogP contribution in [-0.4, -0.2) is 74.9 Å². The minimum absolute atomic E-state index is 0.0732. The molecule has 0 spiro atoms. The molecule has 2 aromatic rings. The summed E-state index contributed by atoms with van der Waals surface area (Å²) in [5.41, 5.74) is 12.5. The lowest BCUT2D eigenvalue weighted by molar-refractivity contribution is -0.142. The summed E-state index contributed by atoms with van der Waals surface area (Å²) in [6, 6.07) is 2.15. The maximum absolute atomic E-state index is 13.4. The number of primary amides is 1. The second kappa shape index (κ2) is 15.4. The van der Waals surface area contributed by atoms with Crippen LogP contribution < -0.4 is 27.4 Å². The Morgan fingerprint density at radius 1 is 0.854 bits per heavy atom. The smallest absolute Gasteiger partial charge is 0.326 e. The van der Waals surface area contributed by atoms with Gasteiger partial charge in [0.15, 0.2) is 0 Å². The van der Waals surface area contributed by atoms with Crippen LogP contribution >= 0.6 is 0 Å². The molecule has 1 aromatic carbocycles. The van der Waals surface area contributed by atoms with Crippen molar-refractivity contribution in [3.63, 3.8) is 0 Å². The first kappa shape index (κ1) is 32.8. The van der Waals surface area contributed by atoms with E-state index < -0.39 is 66.2 Å². The quantitative estimate of drug-likeness (QED) is 0.124. The van der Waals surface area contributed by atoms with Crippen LogP contribution in [0.4, 0.5) is 0 Å². The molecule has 4 atom stereocenters. The third-order valence-electron chi connectivity index (χ3n) is 6.37. The molecule has 0 radical (unpaired) electrons. The molecule has 41 heavy (non-hydrogen) atoms. The molecule has 0 saturated heterocycles. The van der Waals surface area contributed by atoms with Crippen molar-refractivity contribution in [2.24, 2.45) is 17.4 Å². The molecule has 4 amide bonds. The normalized spacial score (nSPS) is 14.0. The highest BCUT2D eigenvalue weighted by atomic mass is 16.4. The monoisotopic (exact) mass is 574 g/mol. The number of aromatic amines is 1. The number of nitrogens with one attached hydrogen (secondary N) is 4. The zero-order valence-corrected chi connectivity index (χ0v) is 23.0. The van der Waals surface area contributed by atoms with Gasteiger partial charge in [-0.05, 0) is 36.8 Å². The molecule has 0 aliphatic rings. The third kappa shape index (κ3) is 10.6. The van der Waals surface area contributed by atoms with Crippen molar-refractivity contribution in [1.29, 1.82) is 0 Å². The van der Waals surface area contributed by atoms with Gasteiger partial charge in [0.25, 0.3) is 0 Å². The Balaban J connectivity index is 2.33. The standard InChI is InChI=1S/C27H38N6O8/c1-14(2)11-17(28)24(37)31-19(8-10-23(35)36)25(38)33-21(12-15-13-30-18-6-4-3-5-16(15)18)26(39)32-20(27(40)41)7-9-22(29)34/h3-6,13-14,17,19-21,30H,7-12,28H2,1-2H3,(H2,29,34)(H,31,37)(H,32,39)(H,33,38)(H,35,36)(H,40,41). The first-order valence-electron chi connectivity index (χ1n) is 13.2. The van der Waals surface area contributed by atoms with E-state index in [2.05, 4.69) is 20.9 Å². The van der Waals surface area contributed by atoms with Gasteiger partial charge in [0.05, 0.1) is 6.04 Å². The molecule has 14 heteroatoms. The number of carbonyl (C=O) groups excluding carboxylic acids is 4. The van der Waals surface area contributed by atoms with E-state index in [-0.39, 0.29) is 31.6 Å². The Morgan fingerprint density at radius 2 is 1.44 bits per heavy atom. The molecule has 1 heterocycles. The van der Waals surface area contributed by atoms with Gasteiger partial charge in [0.1, 0.15) is 18.1 Å².